The molecule has 86 valence electrons. The SMILES string of the molecule is CC(C)C1CCN(C(=O)[C@H]2CCOC2)C1. The van der Waals surface area contributed by atoms with Crippen LogP contribution in [0, 0.1) is 17.8 Å². The van der Waals surface area contributed by atoms with Crippen LogP contribution in [0.4, 0.5) is 0 Å². The lowest BCUT2D eigenvalue weighted by Crippen LogP contribution is -2.35. The van der Waals surface area contributed by atoms with Crippen molar-refractivity contribution in [3.8, 4) is 0 Å². The number of carbonyl (C=O) groups excluding carboxylic acids is 1. The number of amides is 1. The number of ether oxygens (including phenoxy) is 1. The van der Waals surface area contributed by atoms with Crippen LogP contribution in [0.25, 0.3) is 0 Å². The van der Waals surface area contributed by atoms with Gasteiger partial charge in [0.15, 0.2) is 0 Å². The van der Waals surface area contributed by atoms with E-state index < -0.39 is 0 Å². The highest BCUT2D eigenvalue weighted by Gasteiger charge is 2.33. The molecule has 2 aliphatic heterocycles. The summed E-state index contributed by atoms with van der Waals surface area (Å²) in [5.74, 6) is 1.88. The maximum Gasteiger partial charge on any atom is 0.228 e. The van der Waals surface area contributed by atoms with Gasteiger partial charge in [-0.25, -0.2) is 0 Å². The van der Waals surface area contributed by atoms with E-state index in [2.05, 4.69) is 13.8 Å². The average Bonchev–Trinajstić information content (AvgIpc) is 2.88. The van der Waals surface area contributed by atoms with Gasteiger partial charge in [-0.2, -0.15) is 0 Å². The van der Waals surface area contributed by atoms with Crippen LogP contribution in [0.1, 0.15) is 26.7 Å². The largest absolute Gasteiger partial charge is 0.381 e. The van der Waals surface area contributed by atoms with Crippen molar-refractivity contribution in [2.45, 2.75) is 26.7 Å². The molecule has 1 amide bonds. The van der Waals surface area contributed by atoms with Gasteiger partial charge in [0, 0.05) is 19.7 Å². The molecule has 0 bridgehead atoms. The zero-order chi connectivity index (χ0) is 10.8. The number of hydrogen-bond donors (Lipinski definition) is 0. The molecule has 0 aliphatic carbocycles. The van der Waals surface area contributed by atoms with Gasteiger partial charge in [-0.3, -0.25) is 4.79 Å². The van der Waals surface area contributed by atoms with Crippen LogP contribution in [0.5, 0.6) is 0 Å². The monoisotopic (exact) mass is 211 g/mol. The lowest BCUT2D eigenvalue weighted by Gasteiger charge is -2.20. The van der Waals surface area contributed by atoms with Gasteiger partial charge in [0.05, 0.1) is 12.5 Å². The maximum atomic E-state index is 12.1. The molecule has 3 heteroatoms. The Hall–Kier alpha value is -0.570. The first-order chi connectivity index (χ1) is 7.18. The van der Waals surface area contributed by atoms with Crippen molar-refractivity contribution in [1.82, 2.24) is 4.90 Å². The molecule has 0 spiro atoms. The number of rotatable bonds is 2. The van der Waals surface area contributed by atoms with E-state index in [4.69, 9.17) is 4.74 Å². The highest BCUT2D eigenvalue weighted by molar-refractivity contribution is 5.79. The molecule has 0 radical (unpaired) electrons. The standard InChI is InChI=1S/C12H21NO2/c1-9(2)10-3-5-13(7-10)12(14)11-4-6-15-8-11/h9-11H,3-8H2,1-2H3/t10?,11-/m0/s1. The predicted octanol–water partition coefficient (Wildman–Crippen LogP) is 1.53. The normalized spacial score (nSPS) is 31.5. The Labute approximate surface area is 91.8 Å². The summed E-state index contributed by atoms with van der Waals surface area (Å²) < 4.78 is 5.26. The molecule has 0 aromatic heterocycles. The van der Waals surface area contributed by atoms with Gasteiger partial charge < -0.3 is 9.64 Å². The molecule has 2 saturated heterocycles. The minimum Gasteiger partial charge on any atom is -0.381 e. The molecule has 2 aliphatic rings. The Morgan fingerprint density at radius 3 is 2.73 bits per heavy atom. The van der Waals surface area contributed by atoms with Gasteiger partial charge >= 0.3 is 0 Å². The Morgan fingerprint density at radius 1 is 1.40 bits per heavy atom. The molecule has 0 saturated carbocycles. The number of carbonyl (C=O) groups is 1. The predicted molar refractivity (Wildman–Crippen MR) is 58.5 cm³/mol. The second-order valence-electron chi connectivity index (χ2n) is 5.14. The summed E-state index contributed by atoms with van der Waals surface area (Å²) in [6.45, 7) is 7.82. The van der Waals surface area contributed by atoms with Crippen molar-refractivity contribution in [2.24, 2.45) is 17.8 Å². The maximum absolute atomic E-state index is 12.1. The Kier molecular flexibility index (Phi) is 3.29. The van der Waals surface area contributed by atoms with Gasteiger partial charge in [-0.05, 0) is 24.7 Å². The van der Waals surface area contributed by atoms with E-state index in [9.17, 15) is 4.79 Å². The summed E-state index contributed by atoms with van der Waals surface area (Å²) in [7, 11) is 0. The molecule has 2 fully saturated rings. The molecule has 3 nitrogen and oxygen atoms in total. The molecule has 2 atom stereocenters. The van der Waals surface area contributed by atoms with Gasteiger partial charge in [-0.15, -0.1) is 0 Å². The van der Waals surface area contributed by atoms with Crippen LogP contribution in [0.15, 0.2) is 0 Å². The van der Waals surface area contributed by atoms with E-state index in [1.807, 2.05) is 4.90 Å². The van der Waals surface area contributed by atoms with Crippen molar-refractivity contribution < 1.29 is 9.53 Å². The van der Waals surface area contributed by atoms with E-state index in [0.717, 1.165) is 26.1 Å². The lowest BCUT2D eigenvalue weighted by molar-refractivity contribution is -0.134. The van der Waals surface area contributed by atoms with Crippen LogP contribution < -0.4 is 0 Å². The summed E-state index contributed by atoms with van der Waals surface area (Å²) in [4.78, 5) is 14.1. The Morgan fingerprint density at radius 2 is 2.20 bits per heavy atom. The molecular formula is C12H21NO2. The smallest absolute Gasteiger partial charge is 0.228 e. The molecule has 0 N–H and O–H groups in total. The van der Waals surface area contributed by atoms with Gasteiger partial charge in [0.1, 0.15) is 0 Å². The molecular weight excluding hydrogens is 190 g/mol. The zero-order valence-electron chi connectivity index (χ0n) is 9.74. The van der Waals surface area contributed by atoms with Gasteiger partial charge in [0.2, 0.25) is 5.91 Å². The van der Waals surface area contributed by atoms with Crippen LogP contribution in [-0.4, -0.2) is 37.1 Å². The quantitative estimate of drug-likeness (QED) is 0.693. The fourth-order valence-electron chi connectivity index (χ4n) is 2.52. The minimum absolute atomic E-state index is 0.149. The van der Waals surface area contributed by atoms with Crippen molar-refractivity contribution in [2.75, 3.05) is 26.3 Å². The van der Waals surface area contributed by atoms with Crippen LogP contribution in [0.3, 0.4) is 0 Å². The second kappa shape index (κ2) is 4.52. The fourth-order valence-corrected chi connectivity index (χ4v) is 2.52. The first kappa shape index (κ1) is 10.9. The molecule has 0 aromatic carbocycles. The van der Waals surface area contributed by atoms with E-state index in [-0.39, 0.29) is 5.92 Å². The van der Waals surface area contributed by atoms with Crippen molar-refractivity contribution in [3.05, 3.63) is 0 Å². The lowest BCUT2D eigenvalue weighted by atomic mass is 9.95. The molecule has 0 aromatic rings. The zero-order valence-corrected chi connectivity index (χ0v) is 9.74. The summed E-state index contributed by atoms with van der Waals surface area (Å²) in [5.41, 5.74) is 0. The van der Waals surface area contributed by atoms with Crippen LogP contribution in [-0.2, 0) is 9.53 Å². The third kappa shape index (κ3) is 2.33. The van der Waals surface area contributed by atoms with Crippen LogP contribution >= 0.6 is 0 Å². The summed E-state index contributed by atoms with van der Waals surface area (Å²) >= 11 is 0. The van der Waals surface area contributed by atoms with Gasteiger partial charge in [0.25, 0.3) is 0 Å². The topological polar surface area (TPSA) is 29.5 Å². The molecule has 1 unspecified atom stereocenters. The van der Waals surface area contributed by atoms with Crippen molar-refractivity contribution >= 4 is 5.91 Å². The number of nitrogens with zero attached hydrogens (tertiary/aromatic N) is 1. The number of likely N-dealkylation sites (tertiary alicyclic amines) is 1. The number of hydrogen-bond acceptors (Lipinski definition) is 2. The summed E-state index contributed by atoms with van der Waals surface area (Å²) in [6, 6.07) is 0. The Balaban J connectivity index is 1.87. The first-order valence-electron chi connectivity index (χ1n) is 6.05. The molecule has 15 heavy (non-hydrogen) atoms. The highest BCUT2D eigenvalue weighted by atomic mass is 16.5. The van der Waals surface area contributed by atoms with Crippen molar-refractivity contribution in [1.29, 1.82) is 0 Å². The molecule has 2 heterocycles. The highest BCUT2D eigenvalue weighted by Crippen LogP contribution is 2.26. The molecule has 2 rings (SSSR count). The first-order valence-corrected chi connectivity index (χ1v) is 6.05. The van der Waals surface area contributed by atoms with E-state index in [1.54, 1.807) is 0 Å². The van der Waals surface area contributed by atoms with Gasteiger partial charge in [-0.1, -0.05) is 13.8 Å². The fraction of sp³-hybridized carbons (Fsp3) is 0.917. The van der Waals surface area contributed by atoms with Crippen LogP contribution in [0.2, 0.25) is 0 Å². The van der Waals surface area contributed by atoms with Crippen molar-refractivity contribution in [3.63, 3.8) is 0 Å². The second-order valence-corrected chi connectivity index (χ2v) is 5.14. The third-order valence-electron chi connectivity index (χ3n) is 3.76. The van der Waals surface area contributed by atoms with E-state index in [0.29, 0.717) is 24.3 Å². The summed E-state index contributed by atoms with van der Waals surface area (Å²) in [5, 5.41) is 0. The van der Waals surface area contributed by atoms with E-state index >= 15 is 0 Å². The average molecular weight is 211 g/mol. The Bertz CT molecular complexity index is 234. The summed E-state index contributed by atoms with van der Waals surface area (Å²) in [6.07, 6.45) is 2.10. The van der Waals surface area contributed by atoms with E-state index in [1.165, 1.54) is 6.42 Å². The minimum atomic E-state index is 0.149. The third-order valence-corrected chi connectivity index (χ3v) is 3.76.